The molecule has 0 amide bonds. The monoisotopic (exact) mass is 290 g/mol. The molecule has 0 saturated carbocycles. The third-order valence-corrected chi connectivity index (χ3v) is 3.86. The first kappa shape index (κ1) is 15.0. The molecule has 1 atom stereocenters. The van der Waals surface area contributed by atoms with Gasteiger partial charge in [0.2, 0.25) is 0 Å². The molecule has 2 aromatic rings. The Bertz CT molecular complexity index is 482. The molecule has 0 aliphatic carbocycles. The van der Waals surface area contributed by atoms with E-state index in [1.807, 2.05) is 23.8 Å². The molecule has 0 radical (unpaired) electrons. The van der Waals surface area contributed by atoms with Crippen molar-refractivity contribution in [2.75, 3.05) is 13.2 Å². The lowest BCUT2D eigenvalue weighted by molar-refractivity contribution is 0.317. The maximum Gasteiger partial charge on any atom is 0.119 e. The largest absolute Gasteiger partial charge is 0.494 e. The van der Waals surface area contributed by atoms with Crippen molar-refractivity contribution in [2.45, 2.75) is 32.7 Å². The second kappa shape index (κ2) is 8.02. The van der Waals surface area contributed by atoms with Gasteiger partial charge in [0.15, 0.2) is 0 Å². The summed E-state index contributed by atoms with van der Waals surface area (Å²) in [7, 11) is 0. The molecule has 1 heterocycles. The zero-order chi connectivity index (χ0) is 14.2. The molecule has 1 unspecified atom stereocenters. The minimum atomic E-state index is 0.225. The van der Waals surface area contributed by atoms with Crippen LogP contribution in [0, 0.1) is 0 Å². The molecule has 1 N–H and O–H groups in total. The molecule has 3 nitrogen and oxygen atoms in total. The Hall–Kier alpha value is -1.39. The summed E-state index contributed by atoms with van der Waals surface area (Å²) in [6.45, 7) is 6.06. The van der Waals surface area contributed by atoms with Gasteiger partial charge in [-0.3, -0.25) is 4.98 Å². The third-order valence-electron chi connectivity index (χ3n) is 3.02. The lowest BCUT2D eigenvalue weighted by Crippen LogP contribution is -2.22. The van der Waals surface area contributed by atoms with Crippen molar-refractivity contribution < 1.29 is 4.74 Å². The molecular weight excluding hydrogens is 268 g/mol. The number of ether oxygens (including phenoxy) is 1. The van der Waals surface area contributed by atoms with Crippen LogP contribution in [-0.2, 0) is 0 Å². The molecule has 0 saturated heterocycles. The first-order valence-electron chi connectivity index (χ1n) is 7.19. The average Bonchev–Trinajstić information content (AvgIpc) is 3.01. The highest BCUT2D eigenvalue weighted by molar-refractivity contribution is 7.09. The summed E-state index contributed by atoms with van der Waals surface area (Å²) >= 11 is 1.69. The summed E-state index contributed by atoms with van der Waals surface area (Å²) < 4.78 is 5.63. The number of hydrogen-bond donors (Lipinski definition) is 1. The van der Waals surface area contributed by atoms with E-state index in [0.717, 1.165) is 31.7 Å². The lowest BCUT2D eigenvalue weighted by atomic mass is 10.1. The summed E-state index contributed by atoms with van der Waals surface area (Å²) in [5.41, 5.74) is 3.14. The van der Waals surface area contributed by atoms with Crippen molar-refractivity contribution in [3.05, 3.63) is 46.4 Å². The maximum absolute atomic E-state index is 5.63. The Balaban J connectivity index is 2.12. The number of aromatic nitrogens is 1. The highest BCUT2D eigenvalue weighted by atomic mass is 32.1. The first-order chi connectivity index (χ1) is 9.85. The Morgan fingerprint density at radius 2 is 2.00 bits per heavy atom. The minimum absolute atomic E-state index is 0.225. The molecule has 0 aliphatic heterocycles. The Morgan fingerprint density at radius 1 is 1.20 bits per heavy atom. The van der Waals surface area contributed by atoms with Crippen LogP contribution in [0.5, 0.6) is 5.75 Å². The van der Waals surface area contributed by atoms with Gasteiger partial charge in [0, 0.05) is 11.1 Å². The molecule has 4 heteroatoms. The molecule has 0 fully saturated rings. The van der Waals surface area contributed by atoms with Gasteiger partial charge in [-0.2, -0.15) is 0 Å². The van der Waals surface area contributed by atoms with Gasteiger partial charge >= 0.3 is 0 Å². The van der Waals surface area contributed by atoms with E-state index in [1.54, 1.807) is 11.3 Å². The summed E-state index contributed by atoms with van der Waals surface area (Å²) in [4.78, 5) is 5.44. The molecule has 1 aromatic carbocycles. The van der Waals surface area contributed by atoms with Gasteiger partial charge in [-0.25, -0.2) is 0 Å². The summed E-state index contributed by atoms with van der Waals surface area (Å²) in [5.74, 6) is 0.939. The second-order valence-corrected chi connectivity index (χ2v) is 5.63. The van der Waals surface area contributed by atoms with Crippen molar-refractivity contribution in [2.24, 2.45) is 0 Å². The van der Waals surface area contributed by atoms with Gasteiger partial charge in [0.25, 0.3) is 0 Å². The van der Waals surface area contributed by atoms with Gasteiger partial charge in [-0.1, -0.05) is 26.0 Å². The van der Waals surface area contributed by atoms with E-state index in [-0.39, 0.29) is 6.04 Å². The van der Waals surface area contributed by atoms with Crippen LogP contribution in [0.2, 0.25) is 0 Å². The predicted molar refractivity (Wildman–Crippen MR) is 84.5 cm³/mol. The van der Waals surface area contributed by atoms with Crippen LogP contribution >= 0.6 is 11.3 Å². The zero-order valence-electron chi connectivity index (χ0n) is 12.1. The quantitative estimate of drug-likeness (QED) is 0.797. The standard InChI is InChI=1S/C16H22N2OS/c1-3-9-18-16(15-11-17-12-20-15)13-5-7-14(8-6-13)19-10-4-2/h5-8,11-12,16,18H,3-4,9-10H2,1-2H3. The number of nitrogens with zero attached hydrogens (tertiary/aromatic N) is 1. The highest BCUT2D eigenvalue weighted by Crippen LogP contribution is 2.26. The van der Waals surface area contributed by atoms with Crippen LogP contribution < -0.4 is 10.1 Å². The van der Waals surface area contributed by atoms with Crippen molar-refractivity contribution in [3.8, 4) is 5.75 Å². The lowest BCUT2D eigenvalue weighted by Gasteiger charge is -2.17. The van der Waals surface area contributed by atoms with Crippen LogP contribution in [0.15, 0.2) is 36.0 Å². The molecule has 0 bridgehead atoms. The minimum Gasteiger partial charge on any atom is -0.494 e. The van der Waals surface area contributed by atoms with E-state index in [4.69, 9.17) is 4.74 Å². The van der Waals surface area contributed by atoms with E-state index in [0.29, 0.717) is 0 Å². The molecule has 2 rings (SSSR count). The normalized spacial score (nSPS) is 12.3. The zero-order valence-corrected chi connectivity index (χ0v) is 13.0. The summed E-state index contributed by atoms with van der Waals surface area (Å²) in [6.07, 6.45) is 4.09. The fraction of sp³-hybridized carbons (Fsp3) is 0.438. The van der Waals surface area contributed by atoms with Crippen LogP contribution in [0.1, 0.15) is 43.2 Å². The van der Waals surface area contributed by atoms with Crippen LogP contribution in [-0.4, -0.2) is 18.1 Å². The van der Waals surface area contributed by atoms with E-state index < -0.39 is 0 Å². The fourth-order valence-electron chi connectivity index (χ4n) is 2.02. The molecule has 1 aromatic heterocycles. The Morgan fingerprint density at radius 3 is 2.60 bits per heavy atom. The Kier molecular flexibility index (Phi) is 6.02. The third kappa shape index (κ3) is 4.05. The molecule has 20 heavy (non-hydrogen) atoms. The first-order valence-corrected chi connectivity index (χ1v) is 8.07. The predicted octanol–water partition coefficient (Wildman–Crippen LogP) is 4.02. The molecule has 108 valence electrons. The van der Waals surface area contributed by atoms with Crippen molar-refractivity contribution in [1.29, 1.82) is 0 Å². The van der Waals surface area contributed by atoms with E-state index >= 15 is 0 Å². The van der Waals surface area contributed by atoms with Gasteiger partial charge in [-0.15, -0.1) is 11.3 Å². The number of hydrogen-bond acceptors (Lipinski definition) is 4. The molecular formula is C16H22N2OS. The molecule has 0 aliphatic rings. The summed E-state index contributed by atoms with van der Waals surface area (Å²) in [6, 6.07) is 8.60. The van der Waals surface area contributed by atoms with Crippen molar-refractivity contribution in [1.82, 2.24) is 10.3 Å². The number of rotatable bonds is 8. The number of thiazole rings is 1. The van der Waals surface area contributed by atoms with E-state index in [2.05, 4.69) is 36.3 Å². The van der Waals surface area contributed by atoms with Crippen LogP contribution in [0.25, 0.3) is 0 Å². The van der Waals surface area contributed by atoms with Crippen molar-refractivity contribution >= 4 is 11.3 Å². The van der Waals surface area contributed by atoms with Gasteiger partial charge in [0.1, 0.15) is 5.75 Å². The SMILES string of the molecule is CCCNC(c1ccc(OCCC)cc1)c1cncs1. The van der Waals surface area contributed by atoms with E-state index in [9.17, 15) is 0 Å². The van der Waals surface area contributed by atoms with Crippen LogP contribution in [0.4, 0.5) is 0 Å². The fourth-order valence-corrected chi connectivity index (χ4v) is 2.74. The number of nitrogens with one attached hydrogen (secondary N) is 1. The van der Waals surface area contributed by atoms with Gasteiger partial charge < -0.3 is 10.1 Å². The summed E-state index contributed by atoms with van der Waals surface area (Å²) in [5, 5.41) is 3.58. The van der Waals surface area contributed by atoms with E-state index in [1.165, 1.54) is 10.4 Å². The topological polar surface area (TPSA) is 34.1 Å². The van der Waals surface area contributed by atoms with Crippen molar-refractivity contribution in [3.63, 3.8) is 0 Å². The van der Waals surface area contributed by atoms with Gasteiger partial charge in [0.05, 0.1) is 18.2 Å². The molecule has 0 spiro atoms. The number of benzene rings is 1. The maximum atomic E-state index is 5.63. The Labute approximate surface area is 125 Å². The second-order valence-electron chi connectivity index (χ2n) is 4.71. The highest BCUT2D eigenvalue weighted by Gasteiger charge is 2.14. The smallest absolute Gasteiger partial charge is 0.119 e. The van der Waals surface area contributed by atoms with Crippen LogP contribution in [0.3, 0.4) is 0 Å². The average molecular weight is 290 g/mol. The van der Waals surface area contributed by atoms with Gasteiger partial charge in [-0.05, 0) is 37.1 Å².